The Labute approximate surface area is 191 Å². The molecule has 2 amide bonds. The number of nitrogens with zero attached hydrogens (tertiary/aromatic N) is 2. The Hall–Kier alpha value is -2.76. The minimum Gasteiger partial charge on any atom is -0.365 e. The maximum Gasteiger partial charge on any atom is 0.256 e. The number of fused-ring (bicyclic) bond motifs is 1. The highest BCUT2D eigenvalue weighted by Crippen LogP contribution is 2.35. The average Bonchev–Trinajstić information content (AvgIpc) is 2.79. The molecule has 0 spiro atoms. The molecule has 0 aliphatic carbocycles. The van der Waals surface area contributed by atoms with E-state index in [1.165, 1.54) is 0 Å². The third-order valence-electron chi connectivity index (χ3n) is 5.60. The van der Waals surface area contributed by atoms with Crippen molar-refractivity contribution in [1.82, 2.24) is 4.90 Å². The quantitative estimate of drug-likeness (QED) is 0.568. The van der Waals surface area contributed by atoms with E-state index >= 15 is 0 Å². The monoisotopic (exact) mass is 455 g/mol. The first kappa shape index (κ1) is 21.5. The molecule has 1 fully saturated rings. The van der Waals surface area contributed by atoms with Crippen LogP contribution in [-0.2, 0) is 4.79 Å². The van der Waals surface area contributed by atoms with E-state index in [1.807, 2.05) is 60.4 Å². The first-order chi connectivity index (χ1) is 15.0. The molecule has 1 saturated heterocycles. The summed E-state index contributed by atoms with van der Waals surface area (Å²) in [7, 11) is 0. The molecule has 4 rings (SSSR count). The summed E-state index contributed by atoms with van der Waals surface area (Å²) in [5.41, 5.74) is 1.97. The minimum atomic E-state index is -0.226. The van der Waals surface area contributed by atoms with E-state index in [4.69, 9.17) is 23.2 Å². The first-order valence-electron chi connectivity index (χ1n) is 10.3. The molecule has 0 unspecified atom stereocenters. The van der Waals surface area contributed by atoms with Crippen LogP contribution in [0.2, 0.25) is 10.0 Å². The Morgan fingerprint density at radius 2 is 1.52 bits per heavy atom. The van der Waals surface area contributed by atoms with E-state index in [9.17, 15) is 9.59 Å². The van der Waals surface area contributed by atoms with E-state index in [-0.39, 0.29) is 11.8 Å². The summed E-state index contributed by atoms with van der Waals surface area (Å²) < 4.78 is 0. The standard InChI is InChI=1S/C24H23Cl2N3O2/c1-2-22(30)28-12-14-29(15-13-28)23-20(26)10-5-11-21(23)27-24(31)18-8-3-7-17-16(18)6-4-9-19(17)25/h3-11H,2,12-15H2,1H3,(H,27,31). The van der Waals surface area contributed by atoms with Gasteiger partial charge in [-0.1, -0.05) is 60.5 Å². The second-order valence-electron chi connectivity index (χ2n) is 7.45. The molecule has 0 aromatic heterocycles. The Balaban J connectivity index is 1.61. The molecular weight excluding hydrogens is 433 g/mol. The van der Waals surface area contributed by atoms with Gasteiger partial charge in [0.15, 0.2) is 0 Å². The maximum absolute atomic E-state index is 13.2. The number of rotatable bonds is 4. The third kappa shape index (κ3) is 4.34. The van der Waals surface area contributed by atoms with Gasteiger partial charge in [-0.2, -0.15) is 0 Å². The fourth-order valence-electron chi connectivity index (χ4n) is 4.00. The Kier molecular flexibility index (Phi) is 6.35. The van der Waals surface area contributed by atoms with Crippen LogP contribution in [0.15, 0.2) is 54.6 Å². The van der Waals surface area contributed by atoms with Gasteiger partial charge in [-0.05, 0) is 29.7 Å². The van der Waals surface area contributed by atoms with Crippen molar-refractivity contribution in [1.29, 1.82) is 0 Å². The SMILES string of the molecule is CCC(=O)N1CCN(c2c(Cl)cccc2NC(=O)c2cccc3c(Cl)cccc23)CC1. The van der Waals surface area contributed by atoms with Crippen LogP contribution >= 0.6 is 23.2 Å². The third-order valence-corrected chi connectivity index (χ3v) is 6.23. The van der Waals surface area contributed by atoms with Crippen molar-refractivity contribution >= 4 is 57.2 Å². The Bertz CT molecular complexity index is 1140. The van der Waals surface area contributed by atoms with E-state index in [1.54, 1.807) is 6.07 Å². The van der Waals surface area contributed by atoms with E-state index in [0.29, 0.717) is 53.9 Å². The summed E-state index contributed by atoms with van der Waals surface area (Å²) in [6, 6.07) is 16.5. The molecule has 3 aromatic rings. The summed E-state index contributed by atoms with van der Waals surface area (Å²) in [5, 5.41) is 5.83. The van der Waals surface area contributed by atoms with Crippen LogP contribution in [0.1, 0.15) is 23.7 Å². The van der Waals surface area contributed by atoms with Gasteiger partial charge >= 0.3 is 0 Å². The highest BCUT2D eigenvalue weighted by molar-refractivity contribution is 6.36. The van der Waals surface area contributed by atoms with Gasteiger partial charge in [0.1, 0.15) is 0 Å². The van der Waals surface area contributed by atoms with Crippen LogP contribution in [0.3, 0.4) is 0 Å². The molecule has 0 bridgehead atoms. The van der Waals surface area contributed by atoms with Crippen LogP contribution in [0.25, 0.3) is 10.8 Å². The smallest absolute Gasteiger partial charge is 0.256 e. The maximum atomic E-state index is 13.2. The van der Waals surface area contributed by atoms with Crippen molar-refractivity contribution in [2.24, 2.45) is 0 Å². The summed E-state index contributed by atoms with van der Waals surface area (Å²) in [4.78, 5) is 29.2. The van der Waals surface area contributed by atoms with Crippen LogP contribution in [0, 0.1) is 0 Å². The highest BCUT2D eigenvalue weighted by atomic mass is 35.5. The largest absolute Gasteiger partial charge is 0.365 e. The lowest BCUT2D eigenvalue weighted by molar-refractivity contribution is -0.131. The fourth-order valence-corrected chi connectivity index (χ4v) is 4.53. The normalized spacial score (nSPS) is 14.0. The molecule has 0 radical (unpaired) electrons. The molecule has 7 heteroatoms. The zero-order valence-corrected chi connectivity index (χ0v) is 18.7. The van der Waals surface area contributed by atoms with Crippen molar-refractivity contribution in [3.05, 3.63) is 70.2 Å². The van der Waals surface area contributed by atoms with Gasteiger partial charge in [-0.15, -0.1) is 0 Å². The average molecular weight is 456 g/mol. The number of para-hydroxylation sites is 1. The second kappa shape index (κ2) is 9.16. The summed E-state index contributed by atoms with van der Waals surface area (Å²) in [6.07, 6.45) is 0.502. The number of anilines is 2. The molecule has 0 atom stereocenters. The molecule has 31 heavy (non-hydrogen) atoms. The number of carbonyl (C=O) groups is 2. The van der Waals surface area contributed by atoms with Gasteiger partial charge in [-0.3, -0.25) is 9.59 Å². The number of hydrogen-bond acceptors (Lipinski definition) is 3. The summed E-state index contributed by atoms with van der Waals surface area (Å²) in [6.45, 7) is 4.45. The molecule has 160 valence electrons. The lowest BCUT2D eigenvalue weighted by Gasteiger charge is -2.37. The number of benzene rings is 3. The van der Waals surface area contributed by atoms with E-state index in [2.05, 4.69) is 10.2 Å². The van der Waals surface area contributed by atoms with Gasteiger partial charge in [0.25, 0.3) is 5.91 Å². The molecule has 1 N–H and O–H groups in total. The first-order valence-corrected chi connectivity index (χ1v) is 11.0. The molecule has 5 nitrogen and oxygen atoms in total. The van der Waals surface area contributed by atoms with Crippen LogP contribution < -0.4 is 10.2 Å². The highest BCUT2D eigenvalue weighted by Gasteiger charge is 2.24. The van der Waals surface area contributed by atoms with Gasteiger partial charge in [0, 0.05) is 48.6 Å². The minimum absolute atomic E-state index is 0.155. The number of nitrogens with one attached hydrogen (secondary N) is 1. The zero-order valence-electron chi connectivity index (χ0n) is 17.2. The summed E-state index contributed by atoms with van der Waals surface area (Å²) in [5.74, 6) is -0.0712. The van der Waals surface area contributed by atoms with Crippen molar-refractivity contribution in [2.45, 2.75) is 13.3 Å². The van der Waals surface area contributed by atoms with E-state index in [0.717, 1.165) is 16.5 Å². The second-order valence-corrected chi connectivity index (χ2v) is 8.27. The molecule has 1 heterocycles. The fraction of sp³-hybridized carbons (Fsp3) is 0.250. The number of carbonyl (C=O) groups excluding carboxylic acids is 2. The molecular formula is C24H23Cl2N3O2. The molecule has 3 aromatic carbocycles. The number of hydrogen-bond donors (Lipinski definition) is 1. The van der Waals surface area contributed by atoms with Gasteiger partial charge in [0.2, 0.25) is 5.91 Å². The zero-order chi connectivity index (χ0) is 22.0. The van der Waals surface area contributed by atoms with Gasteiger partial charge in [-0.25, -0.2) is 0 Å². The molecule has 1 aliphatic rings. The predicted molar refractivity (Wildman–Crippen MR) is 127 cm³/mol. The molecule has 0 saturated carbocycles. The van der Waals surface area contributed by atoms with Crippen LogP contribution in [0.4, 0.5) is 11.4 Å². The van der Waals surface area contributed by atoms with Crippen molar-refractivity contribution < 1.29 is 9.59 Å². The topological polar surface area (TPSA) is 52.7 Å². The van der Waals surface area contributed by atoms with Crippen molar-refractivity contribution in [3.63, 3.8) is 0 Å². The number of amides is 2. The van der Waals surface area contributed by atoms with Crippen LogP contribution in [-0.4, -0.2) is 42.9 Å². The van der Waals surface area contributed by atoms with Gasteiger partial charge < -0.3 is 15.1 Å². The predicted octanol–water partition coefficient (Wildman–Crippen LogP) is 5.46. The molecule has 1 aliphatic heterocycles. The number of piperazine rings is 1. The lowest BCUT2D eigenvalue weighted by Crippen LogP contribution is -2.48. The Morgan fingerprint density at radius 3 is 2.26 bits per heavy atom. The van der Waals surface area contributed by atoms with Crippen LogP contribution in [0.5, 0.6) is 0 Å². The number of halogens is 2. The van der Waals surface area contributed by atoms with Crippen molar-refractivity contribution in [2.75, 3.05) is 36.4 Å². The lowest BCUT2D eigenvalue weighted by atomic mass is 10.0. The van der Waals surface area contributed by atoms with E-state index < -0.39 is 0 Å². The Morgan fingerprint density at radius 1 is 0.871 bits per heavy atom. The van der Waals surface area contributed by atoms with Crippen molar-refractivity contribution in [3.8, 4) is 0 Å². The van der Waals surface area contributed by atoms with Gasteiger partial charge in [0.05, 0.1) is 16.4 Å². The summed E-state index contributed by atoms with van der Waals surface area (Å²) >= 11 is 12.8.